The number of hydrogen-bond donors (Lipinski definition) is 1. The number of likely N-dealkylation sites (N-methyl/N-ethyl adjacent to an activating group) is 1. The summed E-state index contributed by atoms with van der Waals surface area (Å²) >= 11 is 1.58. The van der Waals surface area contributed by atoms with Gasteiger partial charge in [-0.25, -0.2) is 4.98 Å². The molecule has 0 fully saturated rings. The molecule has 0 aliphatic carbocycles. The fourth-order valence-electron chi connectivity index (χ4n) is 2.09. The van der Waals surface area contributed by atoms with Gasteiger partial charge in [0.1, 0.15) is 0 Å². The van der Waals surface area contributed by atoms with Gasteiger partial charge in [-0.3, -0.25) is 4.79 Å². The predicted octanol–water partition coefficient (Wildman–Crippen LogP) is 0.995. The van der Waals surface area contributed by atoms with Crippen molar-refractivity contribution < 1.29 is 4.79 Å². The second-order valence-corrected chi connectivity index (χ2v) is 5.53. The number of nitrogens with one attached hydrogen (secondary N) is 1. The number of hydrogen-bond acceptors (Lipinski definition) is 6. The van der Waals surface area contributed by atoms with Crippen LogP contribution in [0.4, 0.5) is 5.13 Å². The fraction of sp³-hybridized carbons (Fsp3) is 0.500. The van der Waals surface area contributed by atoms with Crippen molar-refractivity contribution in [2.45, 2.75) is 26.4 Å². The van der Waals surface area contributed by atoms with E-state index in [4.69, 9.17) is 0 Å². The highest BCUT2D eigenvalue weighted by Gasteiger charge is 2.26. The van der Waals surface area contributed by atoms with Crippen molar-refractivity contribution in [1.82, 2.24) is 24.6 Å². The zero-order chi connectivity index (χ0) is 14.1. The summed E-state index contributed by atoms with van der Waals surface area (Å²) in [7, 11) is 1.78. The molecule has 106 valence electrons. The average molecular weight is 292 g/mol. The van der Waals surface area contributed by atoms with Gasteiger partial charge in [0, 0.05) is 25.5 Å². The quantitative estimate of drug-likeness (QED) is 0.909. The lowest BCUT2D eigenvalue weighted by Crippen LogP contribution is -2.38. The normalized spacial score (nSPS) is 14.5. The molecule has 0 radical (unpaired) electrons. The van der Waals surface area contributed by atoms with E-state index in [1.807, 2.05) is 9.95 Å². The van der Waals surface area contributed by atoms with E-state index in [9.17, 15) is 4.79 Å². The molecule has 7 nitrogen and oxygen atoms in total. The van der Waals surface area contributed by atoms with E-state index in [0.29, 0.717) is 18.9 Å². The minimum Gasteiger partial charge on any atom is -0.354 e. The Labute approximate surface area is 120 Å². The summed E-state index contributed by atoms with van der Waals surface area (Å²) in [4.78, 5) is 18.0. The Hall–Kier alpha value is -1.96. The largest absolute Gasteiger partial charge is 0.354 e. The fourth-order valence-corrected chi connectivity index (χ4v) is 2.88. The topological polar surface area (TPSA) is 75.9 Å². The molecule has 1 amide bonds. The van der Waals surface area contributed by atoms with Crippen molar-refractivity contribution in [3.05, 3.63) is 22.7 Å². The van der Waals surface area contributed by atoms with Gasteiger partial charge in [0.25, 0.3) is 5.91 Å². The number of carbonyl (C=O) groups is 1. The van der Waals surface area contributed by atoms with Crippen LogP contribution in [0.3, 0.4) is 0 Å². The van der Waals surface area contributed by atoms with E-state index >= 15 is 0 Å². The van der Waals surface area contributed by atoms with E-state index in [0.717, 1.165) is 29.6 Å². The maximum absolute atomic E-state index is 11.9. The Bertz CT molecular complexity index is 634. The zero-order valence-electron chi connectivity index (χ0n) is 11.5. The van der Waals surface area contributed by atoms with Gasteiger partial charge in [0.05, 0.1) is 12.2 Å². The van der Waals surface area contributed by atoms with E-state index in [1.54, 1.807) is 23.3 Å². The van der Waals surface area contributed by atoms with Crippen molar-refractivity contribution >= 4 is 22.4 Å². The number of amides is 1. The molecule has 0 atom stereocenters. The second-order valence-electron chi connectivity index (χ2n) is 4.67. The molecule has 0 saturated carbocycles. The summed E-state index contributed by atoms with van der Waals surface area (Å²) in [6.07, 6.45) is 0.930. The summed E-state index contributed by atoms with van der Waals surface area (Å²) in [6.45, 7) is 4.03. The first-order valence-corrected chi connectivity index (χ1v) is 7.42. The van der Waals surface area contributed by atoms with Crippen molar-refractivity contribution in [3.63, 3.8) is 0 Å². The molecule has 0 bridgehead atoms. The first kappa shape index (κ1) is 13.0. The van der Waals surface area contributed by atoms with Crippen LogP contribution in [0.2, 0.25) is 0 Å². The van der Waals surface area contributed by atoms with Gasteiger partial charge in [-0.2, -0.15) is 0 Å². The van der Waals surface area contributed by atoms with E-state index in [-0.39, 0.29) is 5.91 Å². The van der Waals surface area contributed by atoms with Crippen LogP contribution in [0.1, 0.15) is 29.1 Å². The molecule has 1 aliphatic rings. The van der Waals surface area contributed by atoms with Crippen LogP contribution in [0.15, 0.2) is 5.38 Å². The Morgan fingerprint density at radius 1 is 1.40 bits per heavy atom. The monoisotopic (exact) mass is 292 g/mol. The Morgan fingerprint density at radius 3 is 3.00 bits per heavy atom. The van der Waals surface area contributed by atoms with Crippen molar-refractivity contribution in [2.24, 2.45) is 0 Å². The maximum atomic E-state index is 11.9. The number of rotatable bonds is 4. The van der Waals surface area contributed by atoms with Crippen LogP contribution < -0.4 is 5.32 Å². The minimum absolute atomic E-state index is 0.0717. The Morgan fingerprint density at radius 2 is 2.25 bits per heavy atom. The number of fused-ring (bicyclic) bond motifs is 1. The lowest BCUT2D eigenvalue weighted by atomic mass is 10.3. The van der Waals surface area contributed by atoms with Gasteiger partial charge in [-0.15, -0.1) is 21.5 Å². The molecular weight excluding hydrogens is 276 g/mol. The summed E-state index contributed by atoms with van der Waals surface area (Å²) in [5, 5.41) is 14.2. The number of carbonyl (C=O) groups excluding carboxylic acids is 1. The summed E-state index contributed by atoms with van der Waals surface area (Å²) < 4.78 is 1.88. The lowest BCUT2D eigenvalue weighted by molar-refractivity contribution is 0.0740. The lowest BCUT2D eigenvalue weighted by Gasteiger charge is -2.23. The van der Waals surface area contributed by atoms with E-state index in [2.05, 4.69) is 27.4 Å². The van der Waals surface area contributed by atoms with Crippen molar-refractivity contribution in [2.75, 3.05) is 18.9 Å². The number of nitrogens with zero attached hydrogens (tertiary/aromatic N) is 5. The molecule has 1 N–H and O–H groups in total. The van der Waals surface area contributed by atoms with Gasteiger partial charge in [0.2, 0.25) is 5.82 Å². The van der Waals surface area contributed by atoms with Crippen LogP contribution in [0, 0.1) is 0 Å². The van der Waals surface area contributed by atoms with Gasteiger partial charge >= 0.3 is 0 Å². The van der Waals surface area contributed by atoms with Crippen LogP contribution >= 0.6 is 11.3 Å². The molecular formula is C12H16N6OS. The summed E-state index contributed by atoms with van der Waals surface area (Å²) in [6, 6.07) is 0. The van der Waals surface area contributed by atoms with Gasteiger partial charge in [-0.1, -0.05) is 6.92 Å². The first-order valence-electron chi connectivity index (χ1n) is 6.55. The Balaban J connectivity index is 1.73. The molecule has 0 spiro atoms. The smallest absolute Gasteiger partial charge is 0.291 e. The number of aryl methyl sites for hydroxylation is 1. The molecule has 2 aromatic rings. The molecule has 20 heavy (non-hydrogen) atoms. The highest BCUT2D eigenvalue weighted by atomic mass is 32.1. The average Bonchev–Trinajstić information content (AvgIpc) is 3.07. The zero-order valence-corrected chi connectivity index (χ0v) is 12.3. The van der Waals surface area contributed by atoms with Gasteiger partial charge in [-0.05, 0) is 6.42 Å². The maximum Gasteiger partial charge on any atom is 0.291 e. The number of aromatic nitrogens is 4. The minimum atomic E-state index is -0.0717. The highest BCUT2D eigenvalue weighted by Crippen LogP contribution is 2.17. The number of anilines is 1. The predicted molar refractivity (Wildman–Crippen MR) is 75.8 cm³/mol. The van der Waals surface area contributed by atoms with E-state index < -0.39 is 0 Å². The number of thiazole rings is 1. The van der Waals surface area contributed by atoms with Crippen LogP contribution in [-0.4, -0.2) is 44.1 Å². The summed E-state index contributed by atoms with van der Waals surface area (Å²) in [5.74, 6) is 1.12. The third kappa shape index (κ3) is 2.26. The molecule has 3 heterocycles. The molecule has 0 unspecified atom stereocenters. The molecule has 1 aliphatic heterocycles. The summed E-state index contributed by atoms with van der Waals surface area (Å²) in [5.41, 5.74) is 1.08. The molecule has 0 aromatic carbocycles. The highest BCUT2D eigenvalue weighted by molar-refractivity contribution is 7.13. The van der Waals surface area contributed by atoms with E-state index in [1.165, 1.54) is 0 Å². The molecule has 2 aromatic heterocycles. The standard InChI is InChI=1S/C12H16N6OS/c1-3-8-7-20-12(14-8)13-6-9-15-16-10-11(19)17(2)4-5-18(9)10/h7H,3-6H2,1-2H3,(H,13,14). The van der Waals surface area contributed by atoms with Crippen LogP contribution in [-0.2, 0) is 19.5 Å². The molecule has 3 rings (SSSR count). The first-order chi connectivity index (χ1) is 9.69. The van der Waals surface area contributed by atoms with Crippen molar-refractivity contribution in [1.29, 1.82) is 0 Å². The van der Waals surface area contributed by atoms with Gasteiger partial charge < -0.3 is 14.8 Å². The van der Waals surface area contributed by atoms with Crippen LogP contribution in [0.25, 0.3) is 0 Å². The molecule has 8 heteroatoms. The van der Waals surface area contributed by atoms with Gasteiger partial charge in [0.15, 0.2) is 11.0 Å². The second kappa shape index (κ2) is 5.20. The molecule has 0 saturated heterocycles. The van der Waals surface area contributed by atoms with Crippen LogP contribution in [0.5, 0.6) is 0 Å². The third-order valence-corrected chi connectivity index (χ3v) is 4.18. The Kier molecular flexibility index (Phi) is 3.39. The third-order valence-electron chi connectivity index (χ3n) is 3.34. The SMILES string of the molecule is CCc1csc(NCc2nnc3n2CCN(C)C3=O)n1. The van der Waals surface area contributed by atoms with Crippen molar-refractivity contribution in [3.8, 4) is 0 Å².